The molecule has 0 spiro atoms. The van der Waals surface area contributed by atoms with Crippen molar-refractivity contribution in [2.24, 2.45) is 0 Å². The monoisotopic (exact) mass is 298 g/mol. The van der Waals surface area contributed by atoms with Gasteiger partial charge in [0, 0.05) is 17.1 Å². The van der Waals surface area contributed by atoms with Gasteiger partial charge in [-0.15, -0.1) is 0 Å². The van der Waals surface area contributed by atoms with Crippen LogP contribution in [0.2, 0.25) is 0 Å². The molecule has 3 rings (SSSR count). The molecule has 0 aromatic heterocycles. The lowest BCUT2D eigenvalue weighted by Gasteiger charge is -2.18. The summed E-state index contributed by atoms with van der Waals surface area (Å²) in [5, 5.41) is 0. The van der Waals surface area contributed by atoms with E-state index in [1.54, 1.807) is 6.26 Å². The van der Waals surface area contributed by atoms with Crippen LogP contribution in [0.1, 0.15) is 16.7 Å². The smallest absolute Gasteiger partial charge is 0.161 e. The van der Waals surface area contributed by atoms with Crippen molar-refractivity contribution >= 4 is 17.5 Å². The van der Waals surface area contributed by atoms with Crippen LogP contribution < -0.4 is 0 Å². The average Bonchev–Trinajstić information content (AvgIpc) is 2.57. The Balaban J connectivity index is 1.66. The van der Waals surface area contributed by atoms with Gasteiger partial charge in [-0.25, -0.2) is 0 Å². The van der Waals surface area contributed by atoms with Gasteiger partial charge in [0.05, 0.1) is 0 Å². The van der Waals surface area contributed by atoms with Crippen LogP contribution in [-0.4, -0.2) is 13.2 Å². The standard InChI is InChI=1S/C18H18O2S/c1-2-6-15(7-3-1)13-21-14-16-8-4-5-9-17(16)18-12-19-10-11-20-18/h1-9,12H,10-11,13-14H2. The summed E-state index contributed by atoms with van der Waals surface area (Å²) in [5.41, 5.74) is 3.78. The number of ether oxygens (including phenoxy) is 2. The van der Waals surface area contributed by atoms with Crippen LogP contribution in [0.3, 0.4) is 0 Å². The van der Waals surface area contributed by atoms with Crippen LogP contribution in [0, 0.1) is 0 Å². The Bertz CT molecular complexity index is 608. The molecule has 0 amide bonds. The highest BCUT2D eigenvalue weighted by Crippen LogP contribution is 2.26. The maximum absolute atomic E-state index is 5.70. The number of hydrogen-bond acceptors (Lipinski definition) is 3. The number of thioether (sulfide) groups is 1. The van der Waals surface area contributed by atoms with Gasteiger partial charge in [0.1, 0.15) is 19.5 Å². The largest absolute Gasteiger partial charge is 0.494 e. The third kappa shape index (κ3) is 3.82. The molecule has 0 atom stereocenters. The minimum atomic E-state index is 0.622. The van der Waals surface area contributed by atoms with Gasteiger partial charge in [-0.2, -0.15) is 11.8 Å². The molecule has 0 saturated carbocycles. The lowest BCUT2D eigenvalue weighted by Crippen LogP contribution is -2.08. The molecule has 2 nitrogen and oxygen atoms in total. The molecular formula is C18H18O2S. The Morgan fingerprint density at radius 2 is 1.67 bits per heavy atom. The molecule has 0 aliphatic carbocycles. The van der Waals surface area contributed by atoms with Gasteiger partial charge in [0.2, 0.25) is 0 Å². The van der Waals surface area contributed by atoms with Crippen LogP contribution in [0.25, 0.3) is 5.76 Å². The van der Waals surface area contributed by atoms with Gasteiger partial charge in [-0.1, -0.05) is 54.6 Å². The minimum Gasteiger partial charge on any atom is -0.494 e. The van der Waals surface area contributed by atoms with Crippen molar-refractivity contribution in [3.8, 4) is 0 Å². The molecule has 108 valence electrons. The second-order valence-electron chi connectivity index (χ2n) is 4.84. The minimum absolute atomic E-state index is 0.622. The summed E-state index contributed by atoms with van der Waals surface area (Å²) in [6, 6.07) is 18.9. The number of rotatable bonds is 5. The highest BCUT2D eigenvalue weighted by molar-refractivity contribution is 7.97. The molecule has 0 radical (unpaired) electrons. The van der Waals surface area contributed by atoms with Crippen LogP contribution in [-0.2, 0) is 21.0 Å². The summed E-state index contributed by atoms with van der Waals surface area (Å²) in [6.07, 6.45) is 1.73. The second kappa shape index (κ2) is 7.23. The molecule has 0 saturated heterocycles. The van der Waals surface area contributed by atoms with Crippen LogP contribution in [0.4, 0.5) is 0 Å². The van der Waals surface area contributed by atoms with Gasteiger partial charge >= 0.3 is 0 Å². The van der Waals surface area contributed by atoms with Gasteiger partial charge in [-0.3, -0.25) is 0 Å². The van der Waals surface area contributed by atoms with Gasteiger partial charge < -0.3 is 9.47 Å². The highest BCUT2D eigenvalue weighted by Gasteiger charge is 2.12. The Kier molecular flexibility index (Phi) is 4.85. The van der Waals surface area contributed by atoms with Crippen molar-refractivity contribution in [2.45, 2.75) is 11.5 Å². The third-order valence-electron chi connectivity index (χ3n) is 3.30. The van der Waals surface area contributed by atoms with E-state index in [2.05, 4.69) is 48.5 Å². The fourth-order valence-electron chi connectivity index (χ4n) is 2.25. The average molecular weight is 298 g/mol. The molecular weight excluding hydrogens is 280 g/mol. The van der Waals surface area contributed by atoms with E-state index in [0.29, 0.717) is 13.2 Å². The summed E-state index contributed by atoms with van der Waals surface area (Å²) >= 11 is 1.91. The van der Waals surface area contributed by atoms with Crippen molar-refractivity contribution in [3.63, 3.8) is 0 Å². The predicted octanol–water partition coefficient (Wildman–Crippen LogP) is 4.47. The van der Waals surface area contributed by atoms with Crippen LogP contribution >= 0.6 is 11.8 Å². The van der Waals surface area contributed by atoms with Gasteiger partial charge in [-0.05, 0) is 11.1 Å². The van der Waals surface area contributed by atoms with E-state index in [0.717, 1.165) is 22.8 Å². The zero-order chi connectivity index (χ0) is 14.3. The maximum Gasteiger partial charge on any atom is 0.161 e. The Labute approximate surface area is 129 Å². The molecule has 1 heterocycles. The SMILES string of the molecule is C1=C(c2ccccc2CSCc2ccccc2)OCCO1. The fourth-order valence-corrected chi connectivity index (χ4v) is 3.25. The zero-order valence-electron chi connectivity index (χ0n) is 11.8. The Hall–Kier alpha value is -1.87. The first kappa shape index (κ1) is 14.1. The molecule has 21 heavy (non-hydrogen) atoms. The quantitative estimate of drug-likeness (QED) is 0.811. The first-order valence-electron chi connectivity index (χ1n) is 7.08. The first-order valence-corrected chi connectivity index (χ1v) is 8.23. The molecule has 1 aliphatic heterocycles. The van der Waals surface area contributed by atoms with E-state index in [9.17, 15) is 0 Å². The molecule has 0 fully saturated rings. The van der Waals surface area contributed by atoms with E-state index < -0.39 is 0 Å². The first-order chi connectivity index (χ1) is 10.4. The van der Waals surface area contributed by atoms with Gasteiger partial charge in [0.25, 0.3) is 0 Å². The Morgan fingerprint density at radius 3 is 2.48 bits per heavy atom. The summed E-state index contributed by atoms with van der Waals surface area (Å²) in [5.74, 6) is 2.83. The van der Waals surface area contributed by atoms with Crippen molar-refractivity contribution in [3.05, 3.63) is 77.5 Å². The van der Waals surface area contributed by atoms with Crippen molar-refractivity contribution < 1.29 is 9.47 Å². The normalized spacial score (nSPS) is 14.0. The maximum atomic E-state index is 5.70. The third-order valence-corrected chi connectivity index (χ3v) is 4.35. The van der Waals surface area contributed by atoms with E-state index in [4.69, 9.17) is 9.47 Å². The number of benzene rings is 2. The molecule has 0 bridgehead atoms. The molecule has 0 N–H and O–H groups in total. The molecule has 2 aromatic rings. The van der Waals surface area contributed by atoms with Crippen molar-refractivity contribution in [2.75, 3.05) is 13.2 Å². The fraction of sp³-hybridized carbons (Fsp3) is 0.222. The second-order valence-corrected chi connectivity index (χ2v) is 5.82. The highest BCUT2D eigenvalue weighted by atomic mass is 32.2. The summed E-state index contributed by atoms with van der Waals surface area (Å²) in [4.78, 5) is 0. The summed E-state index contributed by atoms with van der Waals surface area (Å²) in [6.45, 7) is 1.26. The van der Waals surface area contributed by atoms with Crippen molar-refractivity contribution in [1.29, 1.82) is 0 Å². The lowest BCUT2D eigenvalue weighted by molar-refractivity contribution is 0.125. The predicted molar refractivity (Wildman–Crippen MR) is 87.8 cm³/mol. The molecule has 2 aromatic carbocycles. The van der Waals surface area contributed by atoms with Crippen LogP contribution in [0.5, 0.6) is 0 Å². The van der Waals surface area contributed by atoms with Gasteiger partial charge in [0.15, 0.2) is 5.76 Å². The topological polar surface area (TPSA) is 18.5 Å². The van der Waals surface area contributed by atoms with E-state index >= 15 is 0 Å². The molecule has 1 aliphatic rings. The molecule has 3 heteroatoms. The summed E-state index contributed by atoms with van der Waals surface area (Å²) < 4.78 is 11.1. The van der Waals surface area contributed by atoms with E-state index in [1.165, 1.54) is 11.1 Å². The zero-order valence-corrected chi connectivity index (χ0v) is 12.6. The lowest BCUT2D eigenvalue weighted by atomic mass is 10.1. The van der Waals surface area contributed by atoms with E-state index in [1.807, 2.05) is 17.8 Å². The molecule has 0 unspecified atom stereocenters. The summed E-state index contributed by atoms with van der Waals surface area (Å²) in [7, 11) is 0. The van der Waals surface area contributed by atoms with Crippen molar-refractivity contribution in [1.82, 2.24) is 0 Å². The van der Waals surface area contributed by atoms with E-state index in [-0.39, 0.29) is 0 Å². The number of hydrogen-bond donors (Lipinski definition) is 0. The Morgan fingerprint density at radius 1 is 0.857 bits per heavy atom. The van der Waals surface area contributed by atoms with Crippen LogP contribution in [0.15, 0.2) is 60.9 Å².